The van der Waals surface area contributed by atoms with Crippen LogP contribution in [0.1, 0.15) is 26.2 Å². The Morgan fingerprint density at radius 3 is 2.35 bits per heavy atom. The van der Waals surface area contributed by atoms with Crippen LogP contribution < -0.4 is 5.32 Å². The standard InChI is InChI=1S/C15H20F2N2O3.ClH/c1-2-19(9-4-3-8-14(21)22)10-13(20)18-15-11(16)6-5-7-12(15)17;/h5-7H,2-4,8-10H2,1H3,(H,18,20)(H,21,22);1H. The molecule has 0 aliphatic carbocycles. The molecule has 0 heterocycles. The van der Waals surface area contributed by atoms with Gasteiger partial charge in [-0.25, -0.2) is 8.78 Å². The van der Waals surface area contributed by atoms with Gasteiger partial charge in [-0.3, -0.25) is 14.5 Å². The number of hydrogen-bond donors (Lipinski definition) is 2. The van der Waals surface area contributed by atoms with Gasteiger partial charge < -0.3 is 10.4 Å². The third-order valence-corrected chi connectivity index (χ3v) is 3.16. The van der Waals surface area contributed by atoms with Gasteiger partial charge in [0.05, 0.1) is 6.54 Å². The first kappa shape index (κ1) is 21.3. The fourth-order valence-corrected chi connectivity index (χ4v) is 1.96. The third kappa shape index (κ3) is 7.90. The minimum Gasteiger partial charge on any atom is -0.481 e. The van der Waals surface area contributed by atoms with E-state index in [0.717, 1.165) is 12.1 Å². The summed E-state index contributed by atoms with van der Waals surface area (Å²) in [6.45, 7) is 2.99. The minimum absolute atomic E-state index is 0. The van der Waals surface area contributed by atoms with Gasteiger partial charge in [0.1, 0.15) is 17.3 Å². The second-order valence-corrected chi connectivity index (χ2v) is 4.86. The van der Waals surface area contributed by atoms with Crippen molar-refractivity contribution >= 4 is 30.0 Å². The van der Waals surface area contributed by atoms with Gasteiger partial charge in [0.15, 0.2) is 0 Å². The van der Waals surface area contributed by atoms with Gasteiger partial charge in [-0.1, -0.05) is 13.0 Å². The van der Waals surface area contributed by atoms with Crippen molar-refractivity contribution in [3.8, 4) is 0 Å². The summed E-state index contributed by atoms with van der Waals surface area (Å²) in [5.74, 6) is -3.00. The molecule has 1 amide bonds. The molecule has 1 aromatic carbocycles. The maximum atomic E-state index is 13.4. The molecule has 0 aliphatic heterocycles. The molecule has 1 rings (SSSR count). The molecule has 130 valence electrons. The number of aliphatic carboxylic acids is 1. The van der Waals surface area contributed by atoms with Crippen molar-refractivity contribution < 1.29 is 23.5 Å². The van der Waals surface area contributed by atoms with Crippen LogP contribution in [0.4, 0.5) is 14.5 Å². The van der Waals surface area contributed by atoms with E-state index in [1.807, 2.05) is 6.92 Å². The van der Waals surface area contributed by atoms with Crippen LogP contribution in [0.25, 0.3) is 0 Å². The second kappa shape index (κ2) is 10.9. The topological polar surface area (TPSA) is 69.6 Å². The van der Waals surface area contributed by atoms with Gasteiger partial charge in [-0.05, 0) is 38.1 Å². The molecule has 0 aliphatic rings. The lowest BCUT2D eigenvalue weighted by Crippen LogP contribution is -2.34. The lowest BCUT2D eigenvalue weighted by Gasteiger charge is -2.19. The van der Waals surface area contributed by atoms with Crippen LogP contribution in [-0.4, -0.2) is 41.5 Å². The summed E-state index contributed by atoms with van der Waals surface area (Å²) in [6, 6.07) is 3.37. The van der Waals surface area contributed by atoms with E-state index in [1.54, 1.807) is 4.90 Å². The first-order chi connectivity index (χ1) is 10.4. The Morgan fingerprint density at radius 2 is 1.83 bits per heavy atom. The van der Waals surface area contributed by atoms with Crippen molar-refractivity contribution in [2.24, 2.45) is 0 Å². The van der Waals surface area contributed by atoms with Crippen molar-refractivity contribution in [2.75, 3.05) is 25.0 Å². The van der Waals surface area contributed by atoms with Crippen molar-refractivity contribution in [2.45, 2.75) is 26.2 Å². The number of unbranched alkanes of at least 4 members (excludes halogenated alkanes) is 1. The van der Waals surface area contributed by atoms with Gasteiger partial charge in [0.2, 0.25) is 5.91 Å². The number of carboxylic acids is 1. The minimum atomic E-state index is -0.851. The molecule has 0 saturated heterocycles. The summed E-state index contributed by atoms with van der Waals surface area (Å²) in [6.07, 6.45) is 1.25. The van der Waals surface area contributed by atoms with Gasteiger partial charge in [-0.15, -0.1) is 12.4 Å². The highest BCUT2D eigenvalue weighted by Crippen LogP contribution is 2.17. The van der Waals surface area contributed by atoms with E-state index >= 15 is 0 Å². The number of nitrogens with one attached hydrogen (secondary N) is 1. The van der Waals surface area contributed by atoms with E-state index in [0.29, 0.717) is 25.9 Å². The fourth-order valence-electron chi connectivity index (χ4n) is 1.96. The van der Waals surface area contributed by atoms with Crippen LogP contribution in [0.5, 0.6) is 0 Å². The van der Waals surface area contributed by atoms with Crippen molar-refractivity contribution in [1.82, 2.24) is 4.90 Å². The van der Waals surface area contributed by atoms with Crippen molar-refractivity contribution in [3.05, 3.63) is 29.8 Å². The zero-order chi connectivity index (χ0) is 16.5. The van der Waals surface area contributed by atoms with Crippen LogP contribution in [0.2, 0.25) is 0 Å². The number of carboxylic acid groups (broad SMARTS) is 1. The van der Waals surface area contributed by atoms with Crippen molar-refractivity contribution in [1.29, 1.82) is 0 Å². The number of para-hydroxylation sites is 1. The van der Waals surface area contributed by atoms with Gasteiger partial charge in [0.25, 0.3) is 0 Å². The molecular formula is C15H21ClF2N2O3. The number of amides is 1. The number of anilines is 1. The molecule has 0 fully saturated rings. The number of likely N-dealkylation sites (N-methyl/N-ethyl adjacent to an activating group) is 1. The number of hydrogen-bond acceptors (Lipinski definition) is 3. The Bertz CT molecular complexity index is 509. The van der Waals surface area contributed by atoms with Gasteiger partial charge in [-0.2, -0.15) is 0 Å². The zero-order valence-corrected chi connectivity index (χ0v) is 13.7. The summed E-state index contributed by atoms with van der Waals surface area (Å²) in [4.78, 5) is 24.0. The normalized spacial score (nSPS) is 10.3. The van der Waals surface area contributed by atoms with Crippen LogP contribution in [0, 0.1) is 11.6 Å². The molecule has 0 unspecified atom stereocenters. The molecule has 0 spiro atoms. The maximum absolute atomic E-state index is 13.4. The Hall–Kier alpha value is -1.73. The van der Waals surface area contributed by atoms with E-state index in [1.165, 1.54) is 6.07 Å². The average Bonchev–Trinajstić information content (AvgIpc) is 2.46. The predicted octanol–water partition coefficient (Wildman–Crippen LogP) is 2.90. The largest absolute Gasteiger partial charge is 0.481 e. The number of nitrogens with zero attached hydrogens (tertiary/aromatic N) is 1. The maximum Gasteiger partial charge on any atom is 0.303 e. The van der Waals surface area contributed by atoms with Crippen molar-refractivity contribution in [3.63, 3.8) is 0 Å². The predicted molar refractivity (Wildman–Crippen MR) is 85.8 cm³/mol. The van der Waals surface area contributed by atoms with Gasteiger partial charge >= 0.3 is 5.97 Å². The van der Waals surface area contributed by atoms with Crippen LogP contribution >= 0.6 is 12.4 Å². The Kier molecular flexibility index (Phi) is 10.1. The quantitative estimate of drug-likeness (QED) is 0.672. The SMILES string of the molecule is CCN(CCCCC(=O)O)CC(=O)Nc1c(F)cccc1F.Cl. The highest BCUT2D eigenvalue weighted by atomic mass is 35.5. The molecule has 0 atom stereocenters. The smallest absolute Gasteiger partial charge is 0.303 e. The van der Waals surface area contributed by atoms with Crippen LogP contribution in [0.3, 0.4) is 0 Å². The molecule has 0 aromatic heterocycles. The number of benzene rings is 1. The average molecular weight is 351 g/mol. The monoisotopic (exact) mass is 350 g/mol. The summed E-state index contributed by atoms with van der Waals surface area (Å²) >= 11 is 0. The molecule has 8 heteroatoms. The van der Waals surface area contributed by atoms with E-state index in [4.69, 9.17) is 5.11 Å². The summed E-state index contributed by atoms with van der Waals surface area (Å²) in [7, 11) is 0. The molecular weight excluding hydrogens is 330 g/mol. The number of carbonyl (C=O) groups excluding carboxylic acids is 1. The summed E-state index contributed by atoms with van der Waals surface area (Å²) < 4.78 is 26.9. The molecule has 0 saturated carbocycles. The molecule has 2 N–H and O–H groups in total. The van der Waals surface area contributed by atoms with E-state index in [9.17, 15) is 18.4 Å². The van der Waals surface area contributed by atoms with Crippen LogP contribution in [-0.2, 0) is 9.59 Å². The lowest BCUT2D eigenvalue weighted by molar-refractivity contribution is -0.137. The van der Waals surface area contributed by atoms with E-state index in [-0.39, 0.29) is 25.4 Å². The number of carbonyl (C=O) groups is 2. The highest BCUT2D eigenvalue weighted by molar-refractivity contribution is 5.92. The third-order valence-electron chi connectivity index (χ3n) is 3.16. The molecule has 23 heavy (non-hydrogen) atoms. The molecule has 1 aromatic rings. The van der Waals surface area contributed by atoms with E-state index < -0.39 is 29.2 Å². The zero-order valence-electron chi connectivity index (χ0n) is 12.8. The first-order valence-electron chi connectivity index (χ1n) is 7.12. The Labute approximate surface area is 140 Å². The van der Waals surface area contributed by atoms with Crippen LogP contribution in [0.15, 0.2) is 18.2 Å². The highest BCUT2D eigenvalue weighted by Gasteiger charge is 2.14. The Morgan fingerprint density at radius 1 is 1.22 bits per heavy atom. The summed E-state index contributed by atoms with van der Waals surface area (Å²) in [5.41, 5.74) is -0.450. The fraction of sp³-hybridized carbons (Fsp3) is 0.467. The Balaban J connectivity index is 0.00000484. The second-order valence-electron chi connectivity index (χ2n) is 4.86. The molecule has 0 radical (unpaired) electrons. The molecule has 0 bridgehead atoms. The van der Waals surface area contributed by atoms with E-state index in [2.05, 4.69) is 5.32 Å². The lowest BCUT2D eigenvalue weighted by atomic mass is 10.2. The summed E-state index contributed by atoms with van der Waals surface area (Å²) in [5, 5.41) is 10.8. The van der Waals surface area contributed by atoms with Gasteiger partial charge in [0, 0.05) is 6.42 Å². The number of rotatable bonds is 9. The first-order valence-corrected chi connectivity index (χ1v) is 7.12. The number of halogens is 3. The molecule has 5 nitrogen and oxygen atoms in total.